The number of amides is 4. The van der Waals surface area contributed by atoms with E-state index in [-0.39, 0.29) is 46.8 Å². The number of likely N-dealkylation sites (tertiary alicyclic amines) is 1. The van der Waals surface area contributed by atoms with Crippen LogP contribution in [0.15, 0.2) is 36.4 Å². The first kappa shape index (κ1) is 33.9. The number of benzene rings is 2. The Labute approximate surface area is 257 Å². The first-order valence-corrected chi connectivity index (χ1v) is 14.7. The molecule has 1 saturated heterocycles. The Morgan fingerprint density at radius 1 is 0.864 bits per heavy atom. The number of hydrogen-bond donors (Lipinski definition) is 3. The molecule has 12 heteroatoms. The van der Waals surface area contributed by atoms with Crippen molar-refractivity contribution < 1.29 is 38.2 Å². The highest BCUT2D eigenvalue weighted by Crippen LogP contribution is 2.30. The SMILES string of the molecule is COC(=O)CNC(=O)[C@@H]1CCCN1C(=O)c1cc(OCC(C)C)ccc1NC(=O)c1cc(OCC(C)C)ccc1NC(C)=O. The summed E-state index contributed by atoms with van der Waals surface area (Å²) in [5.74, 6) is -1.15. The fourth-order valence-corrected chi connectivity index (χ4v) is 4.50. The number of methoxy groups -OCH3 is 1. The molecule has 3 N–H and O–H groups in total. The molecule has 1 atom stereocenters. The van der Waals surface area contributed by atoms with E-state index >= 15 is 0 Å². The van der Waals surface area contributed by atoms with Crippen LogP contribution in [0.1, 0.15) is 68.2 Å². The molecule has 44 heavy (non-hydrogen) atoms. The van der Waals surface area contributed by atoms with Crippen molar-refractivity contribution in [2.75, 3.05) is 44.0 Å². The van der Waals surface area contributed by atoms with Crippen LogP contribution in [-0.2, 0) is 19.1 Å². The van der Waals surface area contributed by atoms with Crippen molar-refractivity contribution >= 4 is 41.0 Å². The van der Waals surface area contributed by atoms with E-state index in [9.17, 15) is 24.0 Å². The van der Waals surface area contributed by atoms with E-state index in [1.165, 1.54) is 25.0 Å². The van der Waals surface area contributed by atoms with Crippen molar-refractivity contribution in [3.8, 4) is 11.5 Å². The van der Waals surface area contributed by atoms with Crippen LogP contribution in [0.4, 0.5) is 11.4 Å². The van der Waals surface area contributed by atoms with Crippen LogP contribution in [-0.4, -0.2) is 74.0 Å². The van der Waals surface area contributed by atoms with E-state index in [1.54, 1.807) is 30.3 Å². The highest BCUT2D eigenvalue weighted by molar-refractivity contribution is 6.13. The smallest absolute Gasteiger partial charge is 0.325 e. The van der Waals surface area contributed by atoms with Crippen LogP contribution in [0.3, 0.4) is 0 Å². The largest absolute Gasteiger partial charge is 0.493 e. The van der Waals surface area contributed by atoms with Gasteiger partial charge in [0.1, 0.15) is 24.1 Å². The lowest BCUT2D eigenvalue weighted by Crippen LogP contribution is -2.47. The van der Waals surface area contributed by atoms with E-state index in [0.717, 1.165) is 0 Å². The lowest BCUT2D eigenvalue weighted by atomic mass is 10.1. The number of esters is 1. The Hall–Kier alpha value is -4.61. The van der Waals surface area contributed by atoms with Crippen LogP contribution in [0.5, 0.6) is 11.5 Å². The van der Waals surface area contributed by atoms with Crippen molar-refractivity contribution in [3.63, 3.8) is 0 Å². The number of rotatable bonds is 13. The molecule has 0 aromatic heterocycles. The fraction of sp³-hybridized carbons (Fsp3) is 0.469. The molecule has 0 radical (unpaired) electrons. The summed E-state index contributed by atoms with van der Waals surface area (Å²) < 4.78 is 16.3. The summed E-state index contributed by atoms with van der Waals surface area (Å²) in [5, 5.41) is 8.00. The highest BCUT2D eigenvalue weighted by atomic mass is 16.5. The van der Waals surface area contributed by atoms with Gasteiger partial charge in [-0.15, -0.1) is 0 Å². The molecule has 2 aromatic rings. The predicted octanol–water partition coefficient (Wildman–Crippen LogP) is 3.86. The van der Waals surface area contributed by atoms with Crippen LogP contribution in [0.2, 0.25) is 0 Å². The molecule has 4 amide bonds. The van der Waals surface area contributed by atoms with Crippen molar-refractivity contribution in [2.45, 2.75) is 53.5 Å². The minimum absolute atomic E-state index is 0.126. The zero-order chi connectivity index (χ0) is 32.4. The molecule has 238 valence electrons. The molecule has 2 aromatic carbocycles. The van der Waals surface area contributed by atoms with Gasteiger partial charge in [0.15, 0.2) is 0 Å². The molecule has 0 bridgehead atoms. The van der Waals surface area contributed by atoms with Gasteiger partial charge in [-0.2, -0.15) is 0 Å². The van der Waals surface area contributed by atoms with Gasteiger partial charge in [-0.1, -0.05) is 27.7 Å². The van der Waals surface area contributed by atoms with Gasteiger partial charge in [0, 0.05) is 13.5 Å². The van der Waals surface area contributed by atoms with Gasteiger partial charge in [-0.05, 0) is 61.1 Å². The van der Waals surface area contributed by atoms with Gasteiger partial charge in [0.25, 0.3) is 11.8 Å². The molecule has 12 nitrogen and oxygen atoms in total. The summed E-state index contributed by atoms with van der Waals surface area (Å²) >= 11 is 0. The average molecular weight is 611 g/mol. The third-order valence-electron chi connectivity index (χ3n) is 6.63. The van der Waals surface area contributed by atoms with Crippen molar-refractivity contribution in [3.05, 3.63) is 47.5 Å². The zero-order valence-electron chi connectivity index (χ0n) is 26.2. The Morgan fingerprint density at radius 2 is 1.43 bits per heavy atom. The second kappa shape index (κ2) is 15.7. The Balaban J connectivity index is 1.96. The van der Waals surface area contributed by atoms with Gasteiger partial charge >= 0.3 is 5.97 Å². The molecule has 1 heterocycles. The number of nitrogens with one attached hydrogen (secondary N) is 3. The monoisotopic (exact) mass is 610 g/mol. The summed E-state index contributed by atoms with van der Waals surface area (Å²) in [6.45, 7) is 10.2. The molecule has 0 unspecified atom stereocenters. The first-order chi connectivity index (χ1) is 20.9. The summed E-state index contributed by atoms with van der Waals surface area (Å²) in [4.78, 5) is 65.4. The molecule has 3 rings (SSSR count). The third kappa shape index (κ3) is 9.45. The second-order valence-corrected chi connectivity index (χ2v) is 11.4. The maximum atomic E-state index is 14.0. The molecule has 0 saturated carbocycles. The van der Waals surface area contributed by atoms with Gasteiger partial charge in [0.2, 0.25) is 11.8 Å². The molecule has 0 spiro atoms. The fourth-order valence-electron chi connectivity index (χ4n) is 4.50. The van der Waals surface area contributed by atoms with Crippen molar-refractivity contribution in [1.29, 1.82) is 0 Å². The van der Waals surface area contributed by atoms with Crippen LogP contribution >= 0.6 is 0 Å². The number of ether oxygens (including phenoxy) is 3. The number of carbonyl (C=O) groups is 5. The quantitative estimate of drug-likeness (QED) is 0.289. The van der Waals surface area contributed by atoms with E-state index in [2.05, 4.69) is 20.7 Å². The summed E-state index contributed by atoms with van der Waals surface area (Å²) in [6.07, 6.45) is 0.990. The van der Waals surface area contributed by atoms with E-state index < -0.39 is 29.7 Å². The standard InChI is InChI=1S/C32H42N4O8/c1-19(2)17-43-22-9-11-26(34-21(5)37)24(14-22)30(39)35-27-12-10-23(44-18-20(3)4)15-25(27)32(41)36-13-7-8-28(36)31(40)33-16-29(38)42-6/h9-12,14-15,19-20,28H,7-8,13,16-18H2,1-6H3,(H,33,40)(H,34,37)(H,35,39)/t28-/m0/s1. The van der Waals surface area contributed by atoms with Gasteiger partial charge in [0.05, 0.1) is 42.8 Å². The maximum Gasteiger partial charge on any atom is 0.325 e. The van der Waals surface area contributed by atoms with E-state index in [4.69, 9.17) is 9.47 Å². The number of nitrogens with zero attached hydrogens (tertiary/aromatic N) is 1. The van der Waals surface area contributed by atoms with Gasteiger partial charge in [-0.25, -0.2) is 0 Å². The van der Waals surface area contributed by atoms with Gasteiger partial charge in [-0.3, -0.25) is 24.0 Å². The molecular formula is C32H42N4O8. The topological polar surface area (TPSA) is 152 Å². The average Bonchev–Trinajstić information content (AvgIpc) is 3.48. The van der Waals surface area contributed by atoms with Crippen LogP contribution < -0.4 is 25.4 Å². The van der Waals surface area contributed by atoms with Gasteiger partial charge < -0.3 is 35.1 Å². The van der Waals surface area contributed by atoms with Crippen molar-refractivity contribution in [2.24, 2.45) is 11.8 Å². The Kier molecular flexibility index (Phi) is 12.1. The van der Waals surface area contributed by atoms with Crippen LogP contribution in [0.25, 0.3) is 0 Å². The second-order valence-electron chi connectivity index (χ2n) is 11.4. The minimum atomic E-state index is -0.808. The summed E-state index contributed by atoms with van der Waals surface area (Å²) in [6, 6.07) is 8.74. The normalized spacial score (nSPS) is 14.3. The van der Waals surface area contributed by atoms with Crippen LogP contribution in [0, 0.1) is 11.8 Å². The lowest BCUT2D eigenvalue weighted by Gasteiger charge is -2.25. The summed E-state index contributed by atoms with van der Waals surface area (Å²) in [7, 11) is 1.22. The number of hydrogen-bond acceptors (Lipinski definition) is 8. The molecule has 1 aliphatic rings. The minimum Gasteiger partial charge on any atom is -0.493 e. The molecular weight excluding hydrogens is 568 g/mol. The van der Waals surface area contributed by atoms with Crippen molar-refractivity contribution in [1.82, 2.24) is 10.2 Å². The number of anilines is 2. The van der Waals surface area contributed by atoms with E-state index in [1.807, 2.05) is 27.7 Å². The lowest BCUT2D eigenvalue weighted by molar-refractivity contribution is -0.141. The first-order valence-electron chi connectivity index (χ1n) is 14.7. The molecule has 1 fully saturated rings. The Bertz CT molecular complexity index is 1370. The number of carbonyl (C=O) groups excluding carboxylic acids is 5. The summed E-state index contributed by atoms with van der Waals surface area (Å²) in [5.41, 5.74) is 0.736. The zero-order valence-corrected chi connectivity index (χ0v) is 26.2. The highest BCUT2D eigenvalue weighted by Gasteiger charge is 2.36. The third-order valence-corrected chi connectivity index (χ3v) is 6.63. The Morgan fingerprint density at radius 3 is 1.98 bits per heavy atom. The maximum absolute atomic E-state index is 14.0. The predicted molar refractivity (Wildman–Crippen MR) is 165 cm³/mol. The van der Waals surface area contributed by atoms with E-state index in [0.29, 0.717) is 44.1 Å². The molecule has 1 aliphatic heterocycles. The molecule has 0 aliphatic carbocycles.